The Bertz CT molecular complexity index is 368. The third-order valence-electron chi connectivity index (χ3n) is 3.86. The topological polar surface area (TPSA) is 39.1 Å². The van der Waals surface area contributed by atoms with Gasteiger partial charge < -0.3 is 10.1 Å². The molecule has 16 heavy (non-hydrogen) atoms. The van der Waals surface area contributed by atoms with Gasteiger partial charge in [-0.2, -0.15) is 5.10 Å². The minimum absolute atomic E-state index is 0.517. The number of hydrogen-bond acceptors (Lipinski definition) is 3. The molecule has 1 unspecified atom stereocenters. The van der Waals surface area contributed by atoms with Crippen molar-refractivity contribution in [3.8, 4) is 0 Å². The molecular formula is C12H19N3O. The molecule has 1 N–H and O–H groups in total. The molecule has 1 aliphatic heterocycles. The van der Waals surface area contributed by atoms with Gasteiger partial charge in [0.2, 0.25) is 0 Å². The SMILES string of the molecule is CNC1CCc2c1cnn2C1CCOCC1. The quantitative estimate of drug-likeness (QED) is 0.821. The number of ether oxygens (including phenoxy) is 1. The van der Waals surface area contributed by atoms with Crippen molar-refractivity contribution < 1.29 is 4.74 Å². The van der Waals surface area contributed by atoms with Crippen molar-refractivity contribution in [2.45, 2.75) is 37.8 Å². The first kappa shape index (κ1) is 10.3. The number of nitrogens with zero attached hydrogens (tertiary/aromatic N) is 2. The fraction of sp³-hybridized carbons (Fsp3) is 0.750. The molecule has 1 saturated heterocycles. The summed E-state index contributed by atoms with van der Waals surface area (Å²) in [6.07, 6.45) is 6.65. The molecule has 4 nitrogen and oxygen atoms in total. The van der Waals surface area contributed by atoms with Crippen LogP contribution in [0.5, 0.6) is 0 Å². The predicted octanol–water partition coefficient (Wildman–Crippen LogP) is 1.44. The van der Waals surface area contributed by atoms with E-state index >= 15 is 0 Å². The highest BCUT2D eigenvalue weighted by Crippen LogP contribution is 2.33. The van der Waals surface area contributed by atoms with Gasteiger partial charge in [-0.05, 0) is 32.7 Å². The molecule has 0 bridgehead atoms. The minimum Gasteiger partial charge on any atom is -0.381 e. The zero-order valence-electron chi connectivity index (χ0n) is 9.78. The van der Waals surface area contributed by atoms with E-state index in [0.717, 1.165) is 32.5 Å². The zero-order chi connectivity index (χ0) is 11.0. The van der Waals surface area contributed by atoms with Gasteiger partial charge in [-0.3, -0.25) is 4.68 Å². The fourth-order valence-corrected chi connectivity index (χ4v) is 2.93. The van der Waals surface area contributed by atoms with Crippen LogP contribution in [-0.2, 0) is 11.2 Å². The van der Waals surface area contributed by atoms with Crippen LogP contribution >= 0.6 is 0 Å². The molecule has 0 saturated carbocycles. The molecule has 0 amide bonds. The fourth-order valence-electron chi connectivity index (χ4n) is 2.93. The summed E-state index contributed by atoms with van der Waals surface area (Å²) < 4.78 is 7.67. The maximum Gasteiger partial charge on any atom is 0.0566 e. The lowest BCUT2D eigenvalue weighted by atomic mass is 10.1. The maximum atomic E-state index is 5.41. The van der Waals surface area contributed by atoms with Crippen LogP contribution in [0.25, 0.3) is 0 Å². The number of aromatic nitrogens is 2. The molecule has 1 aromatic rings. The Kier molecular flexibility index (Phi) is 2.69. The van der Waals surface area contributed by atoms with Crippen LogP contribution in [0.15, 0.2) is 6.20 Å². The van der Waals surface area contributed by atoms with Crippen molar-refractivity contribution in [2.75, 3.05) is 20.3 Å². The van der Waals surface area contributed by atoms with E-state index in [1.54, 1.807) is 0 Å². The van der Waals surface area contributed by atoms with Crippen molar-refractivity contribution in [2.24, 2.45) is 0 Å². The Morgan fingerprint density at radius 2 is 2.19 bits per heavy atom. The van der Waals surface area contributed by atoms with Crippen LogP contribution in [0.4, 0.5) is 0 Å². The molecule has 1 fully saturated rings. The van der Waals surface area contributed by atoms with E-state index in [4.69, 9.17) is 4.74 Å². The molecular weight excluding hydrogens is 202 g/mol. The molecule has 2 heterocycles. The molecule has 88 valence electrons. The molecule has 1 aromatic heterocycles. The Morgan fingerprint density at radius 3 is 2.94 bits per heavy atom. The Balaban J connectivity index is 1.86. The van der Waals surface area contributed by atoms with Gasteiger partial charge in [-0.25, -0.2) is 0 Å². The molecule has 3 rings (SSSR count). The molecule has 0 aromatic carbocycles. The lowest BCUT2D eigenvalue weighted by Gasteiger charge is -2.23. The van der Waals surface area contributed by atoms with E-state index in [1.165, 1.54) is 17.7 Å². The predicted molar refractivity (Wildman–Crippen MR) is 61.4 cm³/mol. The average Bonchev–Trinajstić information content (AvgIpc) is 2.90. The van der Waals surface area contributed by atoms with Crippen LogP contribution in [0.3, 0.4) is 0 Å². The first-order valence-electron chi connectivity index (χ1n) is 6.21. The maximum absolute atomic E-state index is 5.41. The second kappa shape index (κ2) is 4.18. The van der Waals surface area contributed by atoms with E-state index in [1.807, 2.05) is 7.05 Å². The highest BCUT2D eigenvalue weighted by atomic mass is 16.5. The van der Waals surface area contributed by atoms with Gasteiger partial charge in [0.05, 0.1) is 12.2 Å². The molecule has 1 aliphatic carbocycles. The van der Waals surface area contributed by atoms with E-state index < -0.39 is 0 Å². The standard InChI is InChI=1S/C12H19N3O/c1-13-11-2-3-12-10(11)8-14-15(12)9-4-6-16-7-5-9/h8-9,11,13H,2-7H2,1H3. The van der Waals surface area contributed by atoms with Gasteiger partial charge in [-0.1, -0.05) is 0 Å². The van der Waals surface area contributed by atoms with E-state index in [9.17, 15) is 0 Å². The Labute approximate surface area is 96.0 Å². The van der Waals surface area contributed by atoms with Crippen molar-refractivity contribution >= 4 is 0 Å². The highest BCUT2D eigenvalue weighted by Gasteiger charge is 2.28. The average molecular weight is 221 g/mol. The highest BCUT2D eigenvalue weighted by molar-refractivity contribution is 5.27. The first-order valence-corrected chi connectivity index (χ1v) is 6.21. The molecule has 2 aliphatic rings. The molecule has 4 heteroatoms. The molecule has 0 spiro atoms. The summed E-state index contributed by atoms with van der Waals surface area (Å²) in [5.41, 5.74) is 2.86. The smallest absolute Gasteiger partial charge is 0.0566 e. The van der Waals surface area contributed by atoms with Gasteiger partial charge in [0.15, 0.2) is 0 Å². The monoisotopic (exact) mass is 221 g/mol. The third kappa shape index (κ3) is 1.57. The number of hydrogen-bond donors (Lipinski definition) is 1. The van der Waals surface area contributed by atoms with Crippen LogP contribution in [0, 0.1) is 0 Å². The summed E-state index contributed by atoms with van der Waals surface area (Å²) in [7, 11) is 2.03. The minimum atomic E-state index is 0.517. The summed E-state index contributed by atoms with van der Waals surface area (Å²) >= 11 is 0. The largest absolute Gasteiger partial charge is 0.381 e. The van der Waals surface area contributed by atoms with Crippen molar-refractivity contribution in [1.82, 2.24) is 15.1 Å². The van der Waals surface area contributed by atoms with Gasteiger partial charge in [0, 0.05) is 30.5 Å². The Hall–Kier alpha value is -0.870. The van der Waals surface area contributed by atoms with E-state index in [-0.39, 0.29) is 0 Å². The van der Waals surface area contributed by atoms with Crippen molar-refractivity contribution in [3.63, 3.8) is 0 Å². The van der Waals surface area contributed by atoms with Crippen LogP contribution in [0.2, 0.25) is 0 Å². The van der Waals surface area contributed by atoms with Crippen LogP contribution in [0.1, 0.15) is 42.6 Å². The summed E-state index contributed by atoms with van der Waals surface area (Å²) in [6.45, 7) is 1.77. The van der Waals surface area contributed by atoms with Crippen molar-refractivity contribution in [3.05, 3.63) is 17.5 Å². The van der Waals surface area contributed by atoms with Gasteiger partial charge in [-0.15, -0.1) is 0 Å². The second-order valence-electron chi connectivity index (χ2n) is 4.71. The molecule has 0 radical (unpaired) electrons. The normalized spacial score (nSPS) is 25.9. The van der Waals surface area contributed by atoms with Gasteiger partial charge >= 0.3 is 0 Å². The second-order valence-corrected chi connectivity index (χ2v) is 4.71. The summed E-state index contributed by atoms with van der Waals surface area (Å²) in [4.78, 5) is 0. The number of rotatable bonds is 2. The lowest BCUT2D eigenvalue weighted by Crippen LogP contribution is -2.21. The first-order chi connectivity index (χ1) is 7.90. The van der Waals surface area contributed by atoms with E-state index in [0.29, 0.717) is 12.1 Å². The van der Waals surface area contributed by atoms with Crippen LogP contribution in [-0.4, -0.2) is 30.0 Å². The van der Waals surface area contributed by atoms with Gasteiger partial charge in [0.25, 0.3) is 0 Å². The third-order valence-corrected chi connectivity index (χ3v) is 3.86. The Morgan fingerprint density at radius 1 is 1.38 bits per heavy atom. The summed E-state index contributed by atoms with van der Waals surface area (Å²) in [5, 5.41) is 7.94. The summed E-state index contributed by atoms with van der Waals surface area (Å²) in [5.74, 6) is 0. The summed E-state index contributed by atoms with van der Waals surface area (Å²) in [6, 6.07) is 1.08. The van der Waals surface area contributed by atoms with Crippen LogP contribution < -0.4 is 5.32 Å². The van der Waals surface area contributed by atoms with E-state index in [2.05, 4.69) is 21.3 Å². The lowest BCUT2D eigenvalue weighted by molar-refractivity contribution is 0.0655. The molecule has 1 atom stereocenters. The zero-order valence-corrected chi connectivity index (χ0v) is 9.78. The number of fused-ring (bicyclic) bond motifs is 1. The van der Waals surface area contributed by atoms with Gasteiger partial charge in [0.1, 0.15) is 0 Å². The number of nitrogens with one attached hydrogen (secondary N) is 1. The van der Waals surface area contributed by atoms with Crippen molar-refractivity contribution in [1.29, 1.82) is 0 Å².